The highest BCUT2D eigenvalue weighted by molar-refractivity contribution is 5.28. The molecule has 2 rings (SSSR count). The van der Waals surface area contributed by atoms with Crippen LogP contribution in [-0.4, -0.2) is 49.8 Å². The van der Waals surface area contributed by atoms with Gasteiger partial charge in [-0.1, -0.05) is 5.92 Å². The molecule has 0 saturated carbocycles. The van der Waals surface area contributed by atoms with Gasteiger partial charge in [-0.15, -0.1) is 5.92 Å². The third kappa shape index (κ3) is 2.39. The predicted molar refractivity (Wildman–Crippen MR) is 66.9 cm³/mol. The Hall–Kier alpha value is -1.92. The van der Waals surface area contributed by atoms with Crippen LogP contribution in [-0.2, 0) is 4.74 Å². The number of aliphatic hydroxyl groups is 3. The molecule has 0 spiro atoms. The molecule has 0 amide bonds. The Morgan fingerprint density at radius 2 is 2.10 bits per heavy atom. The van der Waals surface area contributed by atoms with Crippen molar-refractivity contribution in [2.24, 2.45) is 0 Å². The van der Waals surface area contributed by atoms with E-state index in [0.717, 1.165) is 10.8 Å². The zero-order valence-corrected chi connectivity index (χ0v) is 10.6. The molecule has 1 aromatic rings. The number of H-pyrrole nitrogens is 1. The first-order valence-corrected chi connectivity index (χ1v) is 5.90. The lowest BCUT2D eigenvalue weighted by Gasteiger charge is -2.17. The minimum Gasteiger partial charge on any atom is -0.394 e. The molecule has 0 aromatic carbocycles. The minimum absolute atomic E-state index is 0.0323. The molecule has 4 atom stereocenters. The van der Waals surface area contributed by atoms with Gasteiger partial charge in [0, 0.05) is 6.20 Å². The van der Waals surface area contributed by atoms with Crippen molar-refractivity contribution >= 4 is 0 Å². The van der Waals surface area contributed by atoms with Gasteiger partial charge in [0.25, 0.3) is 5.56 Å². The number of aromatic amines is 1. The average molecular weight is 282 g/mol. The fourth-order valence-electron chi connectivity index (χ4n) is 2.01. The van der Waals surface area contributed by atoms with Crippen LogP contribution in [0.1, 0.15) is 18.7 Å². The summed E-state index contributed by atoms with van der Waals surface area (Å²) in [5.41, 5.74) is -1.41. The minimum atomic E-state index is -1.40. The first-order valence-electron chi connectivity index (χ1n) is 5.90. The quantitative estimate of drug-likeness (QED) is 0.445. The molecule has 1 aliphatic heterocycles. The summed E-state index contributed by atoms with van der Waals surface area (Å²) >= 11 is 0. The normalized spacial score (nSPS) is 29.0. The molecule has 8 nitrogen and oxygen atoms in total. The van der Waals surface area contributed by atoms with E-state index in [1.807, 2.05) is 0 Å². The van der Waals surface area contributed by atoms with Gasteiger partial charge in [-0.25, -0.2) is 4.79 Å². The van der Waals surface area contributed by atoms with Gasteiger partial charge in [-0.05, 0) is 6.92 Å². The van der Waals surface area contributed by atoms with Crippen LogP contribution in [0.4, 0.5) is 0 Å². The molecule has 0 radical (unpaired) electrons. The van der Waals surface area contributed by atoms with Gasteiger partial charge >= 0.3 is 5.69 Å². The standard InChI is InChI=1S/C12H14N2O6/c1-2-3-6-4-14(12(19)13-10(6)18)11-9(17)8(16)7(5-15)20-11/h4,7-9,11,15-17H,5H2,1H3,(H,13,18,19)/t7-,8-,9+,11?/m1/s1. The molecule has 108 valence electrons. The lowest BCUT2D eigenvalue weighted by molar-refractivity contribution is -0.0550. The van der Waals surface area contributed by atoms with Crippen molar-refractivity contribution in [1.82, 2.24) is 9.55 Å². The lowest BCUT2D eigenvalue weighted by atomic mass is 10.1. The summed E-state index contributed by atoms with van der Waals surface area (Å²) in [6.45, 7) is 1.02. The van der Waals surface area contributed by atoms with E-state index in [0.29, 0.717) is 0 Å². The van der Waals surface area contributed by atoms with Gasteiger partial charge in [-0.3, -0.25) is 14.3 Å². The Bertz CT molecular complexity index is 667. The number of rotatable bonds is 2. The summed E-state index contributed by atoms with van der Waals surface area (Å²) in [5, 5.41) is 28.5. The van der Waals surface area contributed by atoms with Crippen LogP contribution in [0.3, 0.4) is 0 Å². The van der Waals surface area contributed by atoms with Crippen LogP contribution in [0, 0.1) is 11.8 Å². The molecule has 1 aliphatic rings. The van der Waals surface area contributed by atoms with Crippen molar-refractivity contribution in [2.45, 2.75) is 31.5 Å². The zero-order chi connectivity index (χ0) is 14.9. The molecular weight excluding hydrogens is 268 g/mol. The maximum absolute atomic E-state index is 11.8. The Balaban J connectivity index is 2.47. The lowest BCUT2D eigenvalue weighted by Crippen LogP contribution is -2.38. The molecular formula is C12H14N2O6. The third-order valence-corrected chi connectivity index (χ3v) is 3.02. The smallest absolute Gasteiger partial charge is 0.330 e. The van der Waals surface area contributed by atoms with Gasteiger partial charge in [0.05, 0.1) is 6.61 Å². The molecule has 1 saturated heterocycles. The van der Waals surface area contributed by atoms with E-state index in [9.17, 15) is 19.8 Å². The summed E-state index contributed by atoms with van der Waals surface area (Å²) in [6, 6.07) is 0. The van der Waals surface area contributed by atoms with Crippen LogP contribution in [0.5, 0.6) is 0 Å². The van der Waals surface area contributed by atoms with Crippen molar-refractivity contribution in [3.05, 3.63) is 32.6 Å². The fourth-order valence-corrected chi connectivity index (χ4v) is 2.01. The second kappa shape index (κ2) is 5.60. The second-order valence-corrected chi connectivity index (χ2v) is 4.31. The molecule has 1 aromatic heterocycles. The highest BCUT2D eigenvalue weighted by Crippen LogP contribution is 2.27. The SMILES string of the molecule is CC#Cc1cn(C2O[C@H](CO)[C@@H](O)[C@@H]2O)c(=O)[nH]c1=O. The van der Waals surface area contributed by atoms with Crippen molar-refractivity contribution in [2.75, 3.05) is 6.61 Å². The van der Waals surface area contributed by atoms with Crippen molar-refractivity contribution in [3.63, 3.8) is 0 Å². The van der Waals surface area contributed by atoms with Gasteiger partial charge in [0.2, 0.25) is 0 Å². The molecule has 0 aliphatic carbocycles. The van der Waals surface area contributed by atoms with Crippen LogP contribution in [0.15, 0.2) is 15.8 Å². The van der Waals surface area contributed by atoms with E-state index in [1.165, 1.54) is 6.92 Å². The van der Waals surface area contributed by atoms with E-state index in [1.54, 1.807) is 0 Å². The monoisotopic (exact) mass is 282 g/mol. The number of ether oxygens (including phenoxy) is 1. The number of nitrogens with one attached hydrogen (secondary N) is 1. The van der Waals surface area contributed by atoms with Gasteiger partial charge in [0.1, 0.15) is 23.9 Å². The van der Waals surface area contributed by atoms with Crippen LogP contribution in [0.2, 0.25) is 0 Å². The zero-order valence-electron chi connectivity index (χ0n) is 10.6. The van der Waals surface area contributed by atoms with Gasteiger partial charge in [0.15, 0.2) is 6.23 Å². The Labute approximate surface area is 113 Å². The number of hydrogen-bond acceptors (Lipinski definition) is 6. The molecule has 4 N–H and O–H groups in total. The maximum Gasteiger partial charge on any atom is 0.330 e. The number of nitrogens with zero attached hydrogens (tertiary/aromatic N) is 1. The second-order valence-electron chi connectivity index (χ2n) is 4.31. The first-order chi connectivity index (χ1) is 9.49. The van der Waals surface area contributed by atoms with Crippen LogP contribution in [0.25, 0.3) is 0 Å². The van der Waals surface area contributed by atoms with Gasteiger partial charge < -0.3 is 20.1 Å². The van der Waals surface area contributed by atoms with E-state index < -0.39 is 42.4 Å². The molecule has 0 bridgehead atoms. The third-order valence-electron chi connectivity index (χ3n) is 3.02. The largest absolute Gasteiger partial charge is 0.394 e. The number of aliphatic hydroxyl groups excluding tert-OH is 3. The highest BCUT2D eigenvalue weighted by atomic mass is 16.6. The summed E-state index contributed by atoms with van der Waals surface area (Å²) in [4.78, 5) is 25.3. The topological polar surface area (TPSA) is 125 Å². The Morgan fingerprint density at radius 3 is 2.65 bits per heavy atom. The fraction of sp³-hybridized carbons (Fsp3) is 0.500. The predicted octanol–water partition coefficient (Wildman–Crippen LogP) is -2.48. The van der Waals surface area contributed by atoms with Crippen LogP contribution >= 0.6 is 0 Å². The van der Waals surface area contributed by atoms with Crippen molar-refractivity contribution in [3.8, 4) is 11.8 Å². The first kappa shape index (κ1) is 14.5. The van der Waals surface area contributed by atoms with Gasteiger partial charge in [-0.2, -0.15) is 0 Å². The van der Waals surface area contributed by atoms with Crippen molar-refractivity contribution < 1.29 is 20.1 Å². The number of hydrogen-bond donors (Lipinski definition) is 4. The maximum atomic E-state index is 11.8. The van der Waals surface area contributed by atoms with Crippen LogP contribution < -0.4 is 11.2 Å². The molecule has 2 heterocycles. The average Bonchev–Trinajstić information content (AvgIpc) is 2.70. The molecule has 1 unspecified atom stereocenters. The molecule has 1 fully saturated rings. The Morgan fingerprint density at radius 1 is 1.40 bits per heavy atom. The summed E-state index contributed by atoms with van der Waals surface area (Å²) in [7, 11) is 0. The van der Waals surface area contributed by atoms with E-state index in [-0.39, 0.29) is 5.56 Å². The van der Waals surface area contributed by atoms with E-state index >= 15 is 0 Å². The summed E-state index contributed by atoms with van der Waals surface area (Å²) in [5.74, 6) is 5.04. The van der Waals surface area contributed by atoms with E-state index in [2.05, 4.69) is 16.8 Å². The summed E-state index contributed by atoms with van der Waals surface area (Å²) in [6.07, 6.45) is -3.79. The highest BCUT2D eigenvalue weighted by Gasteiger charge is 2.43. The van der Waals surface area contributed by atoms with E-state index in [4.69, 9.17) is 9.84 Å². The summed E-state index contributed by atoms with van der Waals surface area (Å²) < 4.78 is 6.15. The van der Waals surface area contributed by atoms with Crippen molar-refractivity contribution in [1.29, 1.82) is 0 Å². The molecule has 20 heavy (non-hydrogen) atoms. The Kier molecular flexibility index (Phi) is 4.06. The molecule has 8 heteroatoms. The number of aromatic nitrogens is 2.